The van der Waals surface area contributed by atoms with Crippen LogP contribution in [0.5, 0.6) is 0 Å². The highest BCUT2D eigenvalue weighted by molar-refractivity contribution is 7.19. The maximum atomic E-state index is 10.9. The number of rotatable bonds is 6. The van der Waals surface area contributed by atoms with Crippen molar-refractivity contribution in [2.75, 3.05) is 13.1 Å². The number of hydrogen-bond donors (Lipinski definition) is 3. The van der Waals surface area contributed by atoms with Crippen molar-refractivity contribution in [2.24, 2.45) is 22.7 Å². The van der Waals surface area contributed by atoms with Crippen molar-refractivity contribution in [2.45, 2.75) is 58.7 Å². The first-order chi connectivity index (χ1) is 19.2. The predicted octanol–water partition coefficient (Wildman–Crippen LogP) is 5.58. The number of thiophene rings is 1. The van der Waals surface area contributed by atoms with Crippen molar-refractivity contribution in [1.29, 1.82) is 5.26 Å². The number of aliphatic hydroxyl groups is 2. The standard InChI is InChI=1S/C31H34ClN5O2S/c1-30(2)24-25(30)29(39)37(28(24)38)16-20-15-23-27(40-20)21(3-8-35-23)22-14-19(32)13-18-4-11-36(26(18)22)12-7-31(17-33)5-9-34-10-6-31/h3-4,8,11,13-15,24-25,28-29,34,38-39H,5-7,9-10,12,16H2,1-2H3. The summed E-state index contributed by atoms with van der Waals surface area (Å²) in [6.45, 7) is 7.27. The monoisotopic (exact) mass is 575 g/mol. The number of nitrogens with zero attached hydrogens (tertiary/aromatic N) is 4. The maximum Gasteiger partial charge on any atom is 0.113 e. The van der Waals surface area contributed by atoms with E-state index in [2.05, 4.69) is 53.1 Å². The van der Waals surface area contributed by atoms with E-state index in [9.17, 15) is 15.5 Å². The third-order valence-corrected chi connectivity index (χ3v) is 11.2. The van der Waals surface area contributed by atoms with E-state index in [1.165, 1.54) is 0 Å². The van der Waals surface area contributed by atoms with E-state index in [0.717, 1.165) is 76.0 Å². The number of fused-ring (bicyclic) bond motifs is 3. The van der Waals surface area contributed by atoms with Crippen LogP contribution in [0.1, 0.15) is 38.0 Å². The molecule has 3 aliphatic rings. The molecule has 2 saturated heterocycles. The van der Waals surface area contributed by atoms with Gasteiger partial charge in [0.05, 0.1) is 27.2 Å². The Balaban J connectivity index is 1.23. The van der Waals surface area contributed by atoms with Crippen LogP contribution in [0.2, 0.25) is 5.02 Å². The van der Waals surface area contributed by atoms with Gasteiger partial charge in [0.25, 0.3) is 0 Å². The number of piperidine rings is 2. The Hall–Kier alpha value is -2.51. The van der Waals surface area contributed by atoms with Gasteiger partial charge in [-0.3, -0.25) is 4.98 Å². The number of hydrogen-bond acceptors (Lipinski definition) is 7. The van der Waals surface area contributed by atoms with Gasteiger partial charge in [-0.2, -0.15) is 5.26 Å². The summed E-state index contributed by atoms with van der Waals surface area (Å²) in [5.74, 6) is 0.228. The summed E-state index contributed by atoms with van der Waals surface area (Å²) in [6.07, 6.45) is 5.24. The lowest BCUT2D eigenvalue weighted by Gasteiger charge is -2.31. The molecular formula is C31H34ClN5O2S. The number of benzene rings is 1. The highest BCUT2D eigenvalue weighted by Gasteiger charge is 2.71. The van der Waals surface area contributed by atoms with Crippen LogP contribution < -0.4 is 5.32 Å². The fourth-order valence-corrected chi connectivity index (χ4v) is 8.81. The van der Waals surface area contributed by atoms with Crippen LogP contribution in [0, 0.1) is 34.0 Å². The smallest absolute Gasteiger partial charge is 0.113 e. The summed E-state index contributed by atoms with van der Waals surface area (Å²) in [7, 11) is 0. The van der Waals surface area contributed by atoms with Crippen molar-refractivity contribution in [3.05, 3.63) is 52.6 Å². The van der Waals surface area contributed by atoms with E-state index < -0.39 is 12.5 Å². The third-order valence-electron chi connectivity index (χ3n) is 9.86. The van der Waals surface area contributed by atoms with E-state index in [4.69, 9.17) is 11.6 Å². The van der Waals surface area contributed by atoms with E-state index in [0.29, 0.717) is 11.6 Å². The quantitative estimate of drug-likeness (QED) is 0.278. The van der Waals surface area contributed by atoms with Crippen molar-refractivity contribution in [3.63, 3.8) is 0 Å². The van der Waals surface area contributed by atoms with Crippen molar-refractivity contribution < 1.29 is 10.2 Å². The molecule has 0 spiro atoms. The summed E-state index contributed by atoms with van der Waals surface area (Å²) in [4.78, 5) is 7.54. The Morgan fingerprint density at radius 3 is 2.60 bits per heavy atom. The largest absolute Gasteiger partial charge is 0.378 e. The molecule has 40 heavy (non-hydrogen) atoms. The SMILES string of the molecule is CC1(C)C2C(O)N(Cc3cc4nccc(-c5cc(Cl)cc6ccn(CCC7(C#N)CCNCC7)c56)c4s3)C(O)C21. The van der Waals surface area contributed by atoms with Crippen LogP contribution in [0.4, 0.5) is 0 Å². The summed E-state index contributed by atoms with van der Waals surface area (Å²) in [5, 5.41) is 37.0. The van der Waals surface area contributed by atoms with Gasteiger partial charge in [0.2, 0.25) is 0 Å². The molecule has 208 valence electrons. The highest BCUT2D eigenvalue weighted by Crippen LogP contribution is 2.66. The maximum absolute atomic E-state index is 10.9. The minimum Gasteiger partial charge on any atom is -0.378 e. The fourth-order valence-electron chi connectivity index (χ4n) is 7.43. The molecule has 3 N–H and O–H groups in total. The number of aliphatic hydroxyl groups excluding tert-OH is 2. The molecule has 7 nitrogen and oxygen atoms in total. The molecule has 4 atom stereocenters. The molecule has 4 aromatic rings. The lowest BCUT2D eigenvalue weighted by Crippen LogP contribution is -2.41. The van der Waals surface area contributed by atoms with E-state index in [1.54, 1.807) is 11.3 Å². The average molecular weight is 576 g/mol. The Morgan fingerprint density at radius 1 is 1.12 bits per heavy atom. The van der Waals surface area contributed by atoms with Gasteiger partial charge in [-0.05, 0) is 68.1 Å². The van der Waals surface area contributed by atoms with Crippen LogP contribution in [0.25, 0.3) is 32.2 Å². The number of aryl methyl sites for hydroxylation is 1. The van der Waals surface area contributed by atoms with E-state index in [1.807, 2.05) is 29.3 Å². The second-order valence-corrected chi connectivity index (χ2v) is 14.0. The highest BCUT2D eigenvalue weighted by atomic mass is 35.5. The van der Waals surface area contributed by atoms with Gasteiger partial charge < -0.3 is 20.1 Å². The summed E-state index contributed by atoms with van der Waals surface area (Å²) >= 11 is 8.29. The number of pyridine rings is 1. The molecule has 0 radical (unpaired) electrons. The lowest BCUT2D eigenvalue weighted by atomic mass is 9.77. The zero-order chi connectivity index (χ0) is 27.8. The molecule has 3 fully saturated rings. The number of aromatic nitrogens is 2. The van der Waals surface area contributed by atoms with Gasteiger partial charge in [-0.1, -0.05) is 25.4 Å². The third kappa shape index (κ3) is 4.10. The Bertz CT molecular complexity index is 1630. The van der Waals surface area contributed by atoms with Crippen LogP contribution in [0.15, 0.2) is 42.7 Å². The molecule has 1 aromatic carbocycles. The molecule has 5 heterocycles. The minimum absolute atomic E-state index is 0.0160. The normalized spacial score (nSPS) is 27.2. The second-order valence-electron chi connectivity index (χ2n) is 12.5. The van der Waals surface area contributed by atoms with Gasteiger partial charge in [0.1, 0.15) is 12.5 Å². The molecule has 2 aliphatic heterocycles. The summed E-state index contributed by atoms with van der Waals surface area (Å²) < 4.78 is 3.34. The average Bonchev–Trinajstić information content (AvgIpc) is 3.30. The minimum atomic E-state index is -0.639. The topological polar surface area (TPSA) is 97.3 Å². The van der Waals surface area contributed by atoms with E-state index in [-0.39, 0.29) is 22.7 Å². The van der Waals surface area contributed by atoms with Gasteiger partial charge in [0, 0.05) is 63.7 Å². The Labute approximate surface area is 243 Å². The number of nitrogens with one attached hydrogen (secondary N) is 1. The van der Waals surface area contributed by atoms with Gasteiger partial charge in [-0.25, -0.2) is 4.90 Å². The lowest BCUT2D eigenvalue weighted by molar-refractivity contribution is -0.0987. The molecule has 1 aliphatic carbocycles. The molecule has 4 unspecified atom stereocenters. The first-order valence-corrected chi connectivity index (χ1v) is 15.3. The molecular weight excluding hydrogens is 542 g/mol. The molecule has 0 bridgehead atoms. The summed E-state index contributed by atoms with van der Waals surface area (Å²) in [5.41, 5.74) is 3.82. The van der Waals surface area contributed by atoms with Gasteiger partial charge >= 0.3 is 0 Å². The predicted molar refractivity (Wildman–Crippen MR) is 159 cm³/mol. The second kappa shape index (κ2) is 9.52. The van der Waals surface area contributed by atoms with Crippen LogP contribution in [0.3, 0.4) is 0 Å². The van der Waals surface area contributed by atoms with Crippen molar-refractivity contribution >= 4 is 44.1 Å². The Kier molecular flexibility index (Phi) is 6.28. The van der Waals surface area contributed by atoms with Crippen molar-refractivity contribution in [1.82, 2.24) is 19.8 Å². The number of halogens is 1. The molecule has 3 aromatic heterocycles. The zero-order valence-electron chi connectivity index (χ0n) is 22.8. The van der Waals surface area contributed by atoms with Crippen LogP contribution >= 0.6 is 22.9 Å². The zero-order valence-corrected chi connectivity index (χ0v) is 24.3. The number of likely N-dealkylation sites (tertiary alicyclic amines) is 1. The molecule has 0 amide bonds. The fraction of sp³-hybridized carbons (Fsp3) is 0.484. The summed E-state index contributed by atoms with van der Waals surface area (Å²) in [6, 6.07) is 12.9. The first-order valence-electron chi connectivity index (χ1n) is 14.1. The number of nitriles is 1. The van der Waals surface area contributed by atoms with Gasteiger partial charge in [0.15, 0.2) is 0 Å². The Morgan fingerprint density at radius 2 is 1.88 bits per heavy atom. The van der Waals surface area contributed by atoms with E-state index >= 15 is 0 Å². The van der Waals surface area contributed by atoms with Crippen LogP contribution in [-0.4, -0.2) is 50.2 Å². The molecule has 9 heteroatoms. The van der Waals surface area contributed by atoms with Crippen LogP contribution in [-0.2, 0) is 13.1 Å². The van der Waals surface area contributed by atoms with Crippen molar-refractivity contribution in [3.8, 4) is 17.2 Å². The first kappa shape index (κ1) is 26.4. The molecule has 1 saturated carbocycles. The molecule has 7 rings (SSSR count). The van der Waals surface area contributed by atoms with Gasteiger partial charge in [-0.15, -0.1) is 11.3 Å².